The van der Waals surface area contributed by atoms with Crippen LogP contribution in [0.4, 0.5) is 17.1 Å². The van der Waals surface area contributed by atoms with Crippen LogP contribution in [0, 0.1) is 0 Å². The second kappa shape index (κ2) is 15.3. The molecule has 10 aromatic carbocycles. The fraction of sp³-hybridized carbons (Fsp3) is 0. The molecule has 0 saturated carbocycles. The lowest BCUT2D eigenvalue weighted by Gasteiger charge is -2.27. The minimum Gasteiger partial charge on any atom is -0.310 e. The Morgan fingerprint density at radius 1 is 0.383 bits per heavy atom. The van der Waals surface area contributed by atoms with Crippen LogP contribution < -0.4 is 4.90 Å². The van der Waals surface area contributed by atoms with Gasteiger partial charge in [-0.15, -0.1) is 11.3 Å². The number of nitrogens with zero attached hydrogens (tertiary/aromatic N) is 1. The van der Waals surface area contributed by atoms with Crippen molar-refractivity contribution in [1.29, 1.82) is 0 Å². The molecule has 0 amide bonds. The molecule has 0 unspecified atom stereocenters. The monoisotopic (exact) mass is 796 g/mol. The van der Waals surface area contributed by atoms with E-state index in [-0.39, 0.29) is 5.69 Å². The van der Waals surface area contributed by atoms with Crippen molar-refractivity contribution in [1.82, 2.24) is 0 Å². The molecule has 0 saturated heterocycles. The van der Waals surface area contributed by atoms with E-state index >= 15 is 0 Å². The van der Waals surface area contributed by atoms with E-state index < -0.39 is 124 Å². The Morgan fingerprint density at radius 3 is 1.82 bits per heavy atom. The first-order chi connectivity index (χ1) is 36.0. The van der Waals surface area contributed by atoms with Gasteiger partial charge in [0.2, 0.25) is 0 Å². The summed E-state index contributed by atoms with van der Waals surface area (Å²) in [6, 6.07) is 36.5. The zero-order valence-electron chi connectivity index (χ0n) is 46.7. The summed E-state index contributed by atoms with van der Waals surface area (Å²) in [5.74, 6) is 0. The molecule has 11 aromatic rings. The Balaban J connectivity index is 1.18. The Labute approximate surface area is 375 Å². The summed E-state index contributed by atoms with van der Waals surface area (Å²) in [6.45, 7) is 0. The molecule has 2 heteroatoms. The van der Waals surface area contributed by atoms with Crippen LogP contribution in [0.1, 0.15) is 20.6 Å². The molecule has 0 atom stereocenters. The van der Waals surface area contributed by atoms with Crippen molar-refractivity contribution in [2.45, 2.75) is 0 Å². The fourth-order valence-electron chi connectivity index (χ4n) is 7.68. The van der Waals surface area contributed by atoms with Crippen LogP contribution in [0.15, 0.2) is 236 Å². The van der Waals surface area contributed by atoms with Crippen LogP contribution in [0.25, 0.3) is 86.6 Å². The highest BCUT2D eigenvalue weighted by atomic mass is 32.1. The van der Waals surface area contributed by atoms with Gasteiger partial charge in [-0.3, -0.25) is 0 Å². The average Bonchev–Trinajstić information content (AvgIpc) is 3.84. The largest absolute Gasteiger partial charge is 0.310 e. The minimum atomic E-state index is -0.784. The van der Waals surface area contributed by atoms with Crippen molar-refractivity contribution >= 4 is 59.3 Å². The van der Waals surface area contributed by atoms with Crippen LogP contribution in [0.2, 0.25) is 0 Å². The van der Waals surface area contributed by atoms with E-state index in [1.165, 1.54) is 0 Å². The second-order valence-corrected chi connectivity index (χ2v) is 15.2. The molecule has 1 heterocycles. The zero-order valence-corrected chi connectivity index (χ0v) is 32.5. The Hall–Kier alpha value is -7.52. The third-order valence-electron chi connectivity index (χ3n) is 10.5. The normalized spacial score (nSPS) is 14.8. The molecule has 0 aliphatic carbocycles. The number of rotatable bonds is 8. The summed E-state index contributed by atoms with van der Waals surface area (Å²) in [6.07, 6.45) is 0. The van der Waals surface area contributed by atoms with Crippen LogP contribution in [0.3, 0.4) is 0 Å². The molecule has 0 N–H and O–H groups in total. The molecule has 0 radical (unpaired) electrons. The lowest BCUT2D eigenvalue weighted by Crippen LogP contribution is -2.10. The van der Waals surface area contributed by atoms with E-state index in [1.54, 1.807) is 16.2 Å². The lowest BCUT2D eigenvalue weighted by molar-refractivity contribution is 1.30. The molecular formula is C58H39NS. The van der Waals surface area contributed by atoms with E-state index in [4.69, 9.17) is 11.0 Å². The average molecular weight is 797 g/mol. The number of hydrogen-bond donors (Lipinski definition) is 0. The lowest BCUT2D eigenvalue weighted by atomic mass is 9.94. The van der Waals surface area contributed by atoms with Crippen molar-refractivity contribution in [2.75, 3.05) is 4.90 Å². The maximum absolute atomic E-state index is 9.91. The molecule has 282 valence electrons. The van der Waals surface area contributed by atoms with E-state index in [1.807, 2.05) is 140 Å². The molecule has 11 rings (SSSR count). The van der Waals surface area contributed by atoms with Gasteiger partial charge in [-0.1, -0.05) is 188 Å². The first-order valence-electron chi connectivity index (χ1n) is 26.8. The number of anilines is 3. The van der Waals surface area contributed by atoms with Gasteiger partial charge in [-0.05, 0) is 115 Å². The van der Waals surface area contributed by atoms with E-state index in [0.29, 0.717) is 11.4 Å². The van der Waals surface area contributed by atoms with Gasteiger partial charge in [0.25, 0.3) is 0 Å². The highest BCUT2D eigenvalue weighted by molar-refractivity contribution is 7.26. The summed E-state index contributed by atoms with van der Waals surface area (Å²) in [4.78, 5) is 1.69. The maximum atomic E-state index is 9.91. The highest BCUT2D eigenvalue weighted by Crippen LogP contribution is 2.48. The van der Waals surface area contributed by atoms with Gasteiger partial charge in [0, 0.05) is 31.5 Å². The molecule has 0 aliphatic rings. The third-order valence-corrected chi connectivity index (χ3v) is 11.7. The minimum absolute atomic E-state index is 0.165. The van der Waals surface area contributed by atoms with Crippen molar-refractivity contribution in [3.8, 4) is 55.6 Å². The first kappa shape index (κ1) is 23.2. The molecule has 0 aliphatic heterocycles. The van der Waals surface area contributed by atoms with Crippen molar-refractivity contribution in [3.05, 3.63) is 236 Å². The molecule has 1 nitrogen and oxygen atoms in total. The Kier molecular flexibility index (Phi) is 5.92. The summed E-state index contributed by atoms with van der Waals surface area (Å²) in [5, 5.41) is 0.703. The van der Waals surface area contributed by atoms with Gasteiger partial charge in [0.1, 0.15) is 0 Å². The molecule has 0 spiro atoms. The fourth-order valence-corrected chi connectivity index (χ4v) is 8.94. The van der Waals surface area contributed by atoms with Gasteiger partial charge in [-0.2, -0.15) is 0 Å². The Morgan fingerprint density at radius 2 is 1.05 bits per heavy atom. The van der Waals surface area contributed by atoms with E-state index in [0.717, 1.165) is 53.6 Å². The Bertz CT molecular complexity index is 4120. The highest BCUT2D eigenvalue weighted by Gasteiger charge is 2.21. The predicted octanol–water partition coefficient (Wildman–Crippen LogP) is 17.0. The summed E-state index contributed by atoms with van der Waals surface area (Å²) in [7, 11) is 0. The quantitative estimate of drug-likeness (QED) is 0.148. The van der Waals surface area contributed by atoms with Crippen molar-refractivity contribution in [3.63, 3.8) is 0 Å². The van der Waals surface area contributed by atoms with Crippen molar-refractivity contribution in [2.24, 2.45) is 0 Å². The van der Waals surface area contributed by atoms with Gasteiger partial charge >= 0.3 is 0 Å². The molecule has 0 bridgehead atoms. The maximum Gasteiger partial charge on any atom is 0.0645 e. The summed E-state index contributed by atoms with van der Waals surface area (Å²) >= 11 is 1.58. The third kappa shape index (κ3) is 6.54. The number of fused-ring (bicyclic) bond motifs is 4. The number of benzene rings is 10. The smallest absolute Gasteiger partial charge is 0.0645 e. The summed E-state index contributed by atoms with van der Waals surface area (Å²) in [5.41, 5.74) is 4.42. The predicted molar refractivity (Wildman–Crippen MR) is 259 cm³/mol. The van der Waals surface area contributed by atoms with Crippen LogP contribution >= 0.6 is 11.3 Å². The second-order valence-electron chi connectivity index (χ2n) is 14.1. The van der Waals surface area contributed by atoms with Crippen LogP contribution in [0.5, 0.6) is 0 Å². The summed E-state index contributed by atoms with van der Waals surface area (Å²) < 4.78 is 139. The SMILES string of the molecule is [2H]c1c([2H])c([2H])c(-c2c([2H])c([2H])c([2H])c3c([2H])c([2H])c(-c4c([2H])c([2H])c(N(c5ccc(-c6cccc(-c7ccccc7)c6)cc5)c5ccc(-c6ccccc6)c6sc7ccccc7c56)c([2H])c4[2H])c([2H])c23)c([2H])c1[2H]. The molecule has 60 heavy (non-hydrogen) atoms. The van der Waals surface area contributed by atoms with Gasteiger partial charge in [0.05, 0.1) is 26.2 Å². The molecule has 0 fully saturated rings. The molecular weight excluding hydrogens is 743 g/mol. The standard InChI is InChI=1S/C58H39NS/c1-4-14-40(15-5-1)46-21-12-22-47(38-46)41-28-32-49(33-29-41)59(55-37-36-52(44-18-8-3-9-19-44)58-57(55)53-23-10-11-25-56(53)60-58)50-34-30-42(31-35-50)48-27-26-45-20-13-24-51(54(45)39-48)43-16-6-2-7-17-43/h1-39H/i2D,6D,7D,13D,16D,17D,20D,24D,26D,27D,30D,31D,34D,35D,39D. The number of thiophene rings is 1. The van der Waals surface area contributed by atoms with Gasteiger partial charge in [0.15, 0.2) is 0 Å². The first-order valence-corrected chi connectivity index (χ1v) is 20.1. The molecule has 1 aromatic heterocycles. The zero-order chi connectivity index (χ0) is 52.9. The van der Waals surface area contributed by atoms with E-state index in [2.05, 4.69) is 6.07 Å². The van der Waals surface area contributed by atoms with Crippen LogP contribution in [-0.2, 0) is 0 Å². The van der Waals surface area contributed by atoms with Crippen molar-refractivity contribution < 1.29 is 20.6 Å². The van der Waals surface area contributed by atoms with Crippen LogP contribution in [-0.4, -0.2) is 0 Å². The van der Waals surface area contributed by atoms with E-state index in [9.17, 15) is 9.60 Å². The topological polar surface area (TPSA) is 3.24 Å². The van der Waals surface area contributed by atoms with Gasteiger partial charge in [-0.25, -0.2) is 0 Å². The van der Waals surface area contributed by atoms with Gasteiger partial charge < -0.3 is 4.90 Å². The number of hydrogen-bond acceptors (Lipinski definition) is 2.